The summed E-state index contributed by atoms with van der Waals surface area (Å²) in [6, 6.07) is 1.64. The number of likely N-dealkylation sites (tertiary alicyclic amines) is 2. The molecule has 0 saturated carbocycles. The molecule has 2 heterocycles. The fourth-order valence-electron chi connectivity index (χ4n) is 3.65. The molecule has 19 heavy (non-hydrogen) atoms. The maximum absolute atomic E-state index is 3.44. The molecular weight excluding hydrogens is 234 g/mol. The van der Waals surface area contributed by atoms with Gasteiger partial charge in [-0.05, 0) is 78.3 Å². The fourth-order valence-corrected chi connectivity index (χ4v) is 3.65. The average Bonchev–Trinajstić information content (AvgIpc) is 2.48. The molecule has 2 aliphatic heterocycles. The van der Waals surface area contributed by atoms with Gasteiger partial charge in [0.25, 0.3) is 0 Å². The van der Waals surface area contributed by atoms with Crippen molar-refractivity contribution in [3.05, 3.63) is 0 Å². The number of hydrogen-bond acceptors (Lipinski definition) is 3. The van der Waals surface area contributed by atoms with Gasteiger partial charge in [-0.3, -0.25) is 0 Å². The molecule has 3 nitrogen and oxygen atoms in total. The summed E-state index contributed by atoms with van der Waals surface area (Å²) < 4.78 is 0. The van der Waals surface area contributed by atoms with Crippen LogP contribution in [0.3, 0.4) is 0 Å². The molecule has 1 unspecified atom stereocenters. The molecule has 2 rings (SSSR count). The van der Waals surface area contributed by atoms with E-state index in [1.165, 1.54) is 71.2 Å². The Labute approximate surface area is 119 Å². The van der Waals surface area contributed by atoms with Crippen molar-refractivity contribution in [1.29, 1.82) is 0 Å². The van der Waals surface area contributed by atoms with Gasteiger partial charge in [-0.1, -0.05) is 13.3 Å². The zero-order valence-corrected chi connectivity index (χ0v) is 13.0. The Morgan fingerprint density at radius 3 is 2.37 bits per heavy atom. The maximum atomic E-state index is 3.44. The van der Waals surface area contributed by atoms with E-state index in [1.807, 2.05) is 0 Å². The van der Waals surface area contributed by atoms with E-state index in [0.29, 0.717) is 0 Å². The van der Waals surface area contributed by atoms with Crippen LogP contribution >= 0.6 is 0 Å². The first-order chi connectivity index (χ1) is 9.31. The second kappa shape index (κ2) is 8.23. The topological polar surface area (TPSA) is 18.5 Å². The normalized spacial score (nSPS) is 25.6. The Hall–Kier alpha value is -0.120. The first-order valence-corrected chi connectivity index (χ1v) is 8.50. The van der Waals surface area contributed by atoms with Gasteiger partial charge in [0.1, 0.15) is 0 Å². The molecule has 0 aromatic carbocycles. The van der Waals surface area contributed by atoms with Crippen molar-refractivity contribution < 1.29 is 0 Å². The molecule has 1 N–H and O–H groups in total. The van der Waals surface area contributed by atoms with Crippen LogP contribution in [0.25, 0.3) is 0 Å². The minimum absolute atomic E-state index is 0.751. The Morgan fingerprint density at radius 2 is 1.74 bits per heavy atom. The van der Waals surface area contributed by atoms with Crippen LogP contribution in [0.15, 0.2) is 0 Å². The lowest BCUT2D eigenvalue weighted by molar-refractivity contribution is 0.0741. The molecule has 112 valence electrons. The Bertz CT molecular complexity index is 230. The molecule has 0 aliphatic carbocycles. The van der Waals surface area contributed by atoms with Gasteiger partial charge in [0.2, 0.25) is 0 Å². The zero-order chi connectivity index (χ0) is 13.5. The lowest BCUT2D eigenvalue weighted by Crippen LogP contribution is -2.49. The number of nitrogens with zero attached hydrogens (tertiary/aromatic N) is 2. The summed E-state index contributed by atoms with van der Waals surface area (Å²) in [6.45, 7) is 12.2. The predicted molar refractivity (Wildman–Crippen MR) is 82.6 cm³/mol. The second-order valence-electron chi connectivity index (χ2n) is 6.36. The van der Waals surface area contributed by atoms with Crippen molar-refractivity contribution in [2.45, 2.75) is 64.5 Å². The van der Waals surface area contributed by atoms with Gasteiger partial charge in [0.05, 0.1) is 0 Å². The van der Waals surface area contributed by atoms with Gasteiger partial charge in [0, 0.05) is 12.1 Å². The largest absolute Gasteiger partial charge is 0.317 e. The van der Waals surface area contributed by atoms with E-state index in [-0.39, 0.29) is 0 Å². The van der Waals surface area contributed by atoms with Crippen LogP contribution in [0.1, 0.15) is 52.4 Å². The van der Waals surface area contributed by atoms with Crippen molar-refractivity contribution in [1.82, 2.24) is 15.1 Å². The minimum Gasteiger partial charge on any atom is -0.317 e. The van der Waals surface area contributed by atoms with Crippen molar-refractivity contribution >= 4 is 0 Å². The summed E-state index contributed by atoms with van der Waals surface area (Å²) in [5.41, 5.74) is 0. The Balaban J connectivity index is 1.66. The van der Waals surface area contributed by atoms with Crippen LogP contribution in [0.2, 0.25) is 0 Å². The number of hydrogen-bond donors (Lipinski definition) is 1. The van der Waals surface area contributed by atoms with E-state index in [4.69, 9.17) is 0 Å². The number of nitrogens with one attached hydrogen (secondary N) is 1. The van der Waals surface area contributed by atoms with E-state index in [2.05, 4.69) is 29.0 Å². The Kier molecular flexibility index (Phi) is 6.62. The van der Waals surface area contributed by atoms with Crippen molar-refractivity contribution in [3.63, 3.8) is 0 Å². The zero-order valence-electron chi connectivity index (χ0n) is 13.0. The average molecular weight is 267 g/mol. The molecular formula is C16H33N3. The third-order valence-electron chi connectivity index (χ3n) is 5.02. The lowest BCUT2D eigenvalue weighted by Gasteiger charge is -2.42. The highest BCUT2D eigenvalue weighted by atomic mass is 15.2. The highest BCUT2D eigenvalue weighted by Crippen LogP contribution is 2.22. The SMILES string of the molecule is CCNCCC(C)N1CCC(N2CCCCC2)CC1. The van der Waals surface area contributed by atoms with Crippen LogP contribution in [0.5, 0.6) is 0 Å². The Morgan fingerprint density at radius 1 is 1.05 bits per heavy atom. The first kappa shape index (κ1) is 15.3. The molecule has 2 saturated heterocycles. The van der Waals surface area contributed by atoms with E-state index in [1.54, 1.807) is 0 Å². The molecule has 1 atom stereocenters. The molecule has 0 bridgehead atoms. The van der Waals surface area contributed by atoms with Crippen LogP contribution < -0.4 is 5.32 Å². The van der Waals surface area contributed by atoms with E-state index in [9.17, 15) is 0 Å². The number of rotatable bonds is 6. The summed E-state index contributed by atoms with van der Waals surface area (Å²) in [5.74, 6) is 0. The molecule has 0 radical (unpaired) electrons. The van der Waals surface area contributed by atoms with Crippen molar-refractivity contribution in [2.75, 3.05) is 39.3 Å². The fraction of sp³-hybridized carbons (Fsp3) is 1.00. The van der Waals surface area contributed by atoms with Gasteiger partial charge in [-0.25, -0.2) is 0 Å². The summed E-state index contributed by atoms with van der Waals surface area (Å²) in [7, 11) is 0. The number of piperidine rings is 2. The van der Waals surface area contributed by atoms with Crippen LogP contribution in [-0.4, -0.2) is 61.2 Å². The standard InChI is InChI=1S/C16H33N3/c1-3-17-10-7-15(2)18-13-8-16(9-14-18)19-11-5-4-6-12-19/h15-17H,3-14H2,1-2H3. The highest BCUT2D eigenvalue weighted by molar-refractivity contribution is 4.83. The van der Waals surface area contributed by atoms with Gasteiger partial charge < -0.3 is 15.1 Å². The second-order valence-corrected chi connectivity index (χ2v) is 6.36. The van der Waals surface area contributed by atoms with Gasteiger partial charge in [0.15, 0.2) is 0 Å². The van der Waals surface area contributed by atoms with Crippen LogP contribution in [0, 0.1) is 0 Å². The van der Waals surface area contributed by atoms with Crippen molar-refractivity contribution in [2.24, 2.45) is 0 Å². The molecule has 0 aromatic rings. The molecule has 3 heteroatoms. The molecule has 0 aromatic heterocycles. The van der Waals surface area contributed by atoms with E-state index in [0.717, 1.165) is 18.6 Å². The van der Waals surface area contributed by atoms with Gasteiger partial charge in [-0.2, -0.15) is 0 Å². The molecule has 0 spiro atoms. The first-order valence-electron chi connectivity index (χ1n) is 8.50. The molecule has 2 fully saturated rings. The third-order valence-corrected chi connectivity index (χ3v) is 5.02. The van der Waals surface area contributed by atoms with E-state index >= 15 is 0 Å². The summed E-state index contributed by atoms with van der Waals surface area (Å²) in [4.78, 5) is 5.47. The van der Waals surface area contributed by atoms with Gasteiger partial charge >= 0.3 is 0 Å². The maximum Gasteiger partial charge on any atom is 0.0120 e. The minimum atomic E-state index is 0.751. The van der Waals surface area contributed by atoms with E-state index < -0.39 is 0 Å². The predicted octanol–water partition coefficient (Wildman–Crippen LogP) is 2.32. The molecule has 0 amide bonds. The monoisotopic (exact) mass is 267 g/mol. The summed E-state index contributed by atoms with van der Waals surface area (Å²) in [5, 5.41) is 3.44. The van der Waals surface area contributed by atoms with Gasteiger partial charge in [-0.15, -0.1) is 0 Å². The highest BCUT2D eigenvalue weighted by Gasteiger charge is 2.27. The van der Waals surface area contributed by atoms with Crippen LogP contribution in [0.4, 0.5) is 0 Å². The van der Waals surface area contributed by atoms with Crippen LogP contribution in [-0.2, 0) is 0 Å². The quantitative estimate of drug-likeness (QED) is 0.745. The van der Waals surface area contributed by atoms with Crippen molar-refractivity contribution in [3.8, 4) is 0 Å². The smallest absolute Gasteiger partial charge is 0.0120 e. The summed E-state index contributed by atoms with van der Waals surface area (Å²) in [6.07, 6.45) is 8.40. The lowest BCUT2D eigenvalue weighted by atomic mass is 9.98. The molecule has 2 aliphatic rings. The summed E-state index contributed by atoms with van der Waals surface area (Å²) >= 11 is 0. The third kappa shape index (κ3) is 4.73.